The van der Waals surface area contributed by atoms with Crippen molar-refractivity contribution >= 4 is 40.8 Å². The normalized spacial score (nSPS) is 13.2. The maximum Gasteiger partial charge on any atom is 0.450 e. The fourth-order valence-corrected chi connectivity index (χ4v) is 5.24. The molecule has 256 valence electrons. The largest absolute Gasteiger partial charge is 0.497 e. The van der Waals surface area contributed by atoms with Crippen LogP contribution in [0.4, 0.5) is 13.2 Å². The highest BCUT2D eigenvalue weighted by Gasteiger charge is 2.45. The summed E-state index contributed by atoms with van der Waals surface area (Å²) in [5.41, 5.74) is 0.711. The number of ketones is 3. The summed E-state index contributed by atoms with van der Waals surface area (Å²) in [6, 6.07) is 15.6. The van der Waals surface area contributed by atoms with E-state index in [2.05, 4.69) is 15.6 Å². The molecule has 3 aromatic rings. The summed E-state index contributed by atoms with van der Waals surface area (Å²) >= 11 is 6.06. The number of hydrogen-bond donors (Lipinski definition) is 2. The quantitative estimate of drug-likeness (QED) is 0.125. The van der Waals surface area contributed by atoms with E-state index < -0.39 is 65.6 Å². The predicted octanol–water partition coefficient (Wildman–Crippen LogP) is 6.36. The number of hydrogen-bond acceptors (Lipinski definition) is 7. The molecule has 9 nitrogen and oxygen atoms in total. The Morgan fingerprint density at radius 1 is 0.938 bits per heavy atom. The molecule has 0 aliphatic rings. The first-order valence-corrected chi connectivity index (χ1v) is 15.6. The minimum absolute atomic E-state index is 0.103. The van der Waals surface area contributed by atoms with Gasteiger partial charge in [0.25, 0.3) is 5.91 Å². The third-order valence-corrected chi connectivity index (χ3v) is 8.00. The van der Waals surface area contributed by atoms with Gasteiger partial charge in [-0.3, -0.25) is 29.0 Å². The number of halogens is 4. The molecule has 0 aliphatic heterocycles. The van der Waals surface area contributed by atoms with Crippen molar-refractivity contribution in [1.29, 1.82) is 0 Å². The zero-order valence-electron chi connectivity index (χ0n) is 26.7. The Labute approximate surface area is 281 Å². The molecule has 48 heavy (non-hydrogen) atoms. The Kier molecular flexibility index (Phi) is 13.8. The van der Waals surface area contributed by atoms with Gasteiger partial charge >= 0.3 is 6.18 Å². The SMILES string of the molecule is COc1ccc([C@H](NC(=O)[C@H](CCCNC(=O)c2ccccn2)CC(=O)c2cccc(Cl)c2)C(=O)C[C@H](C(=O)C(F)(F)F)C(C)C)cc1. The Morgan fingerprint density at radius 2 is 1.65 bits per heavy atom. The molecular formula is C35H37ClF3N3O6. The molecule has 0 saturated heterocycles. The molecule has 0 fully saturated rings. The van der Waals surface area contributed by atoms with Gasteiger partial charge < -0.3 is 15.4 Å². The fourth-order valence-electron chi connectivity index (χ4n) is 5.05. The highest BCUT2D eigenvalue weighted by Crippen LogP contribution is 2.31. The molecular weight excluding hydrogens is 651 g/mol. The summed E-state index contributed by atoms with van der Waals surface area (Å²) in [6.07, 6.45) is -4.38. The van der Waals surface area contributed by atoms with Crippen LogP contribution in [0.3, 0.4) is 0 Å². The molecule has 0 unspecified atom stereocenters. The summed E-state index contributed by atoms with van der Waals surface area (Å²) in [4.78, 5) is 69.4. The van der Waals surface area contributed by atoms with Crippen LogP contribution in [-0.4, -0.2) is 54.0 Å². The van der Waals surface area contributed by atoms with E-state index in [1.807, 2.05) is 0 Å². The smallest absolute Gasteiger partial charge is 0.450 e. The first-order valence-electron chi connectivity index (χ1n) is 15.3. The fraction of sp³-hybridized carbons (Fsp3) is 0.371. The number of carbonyl (C=O) groups excluding carboxylic acids is 5. The maximum absolute atomic E-state index is 13.8. The van der Waals surface area contributed by atoms with Crippen molar-refractivity contribution in [2.45, 2.75) is 51.7 Å². The summed E-state index contributed by atoms with van der Waals surface area (Å²) in [5.74, 6) is -7.44. The van der Waals surface area contributed by atoms with Gasteiger partial charge in [0.1, 0.15) is 17.5 Å². The standard InChI is InChI=1S/C35H37ClF3N3O6/c1-21(2)27(32(45)35(37,38)39)20-30(44)31(22-12-14-26(48-3)15-13-22)42-33(46)24(19-29(43)23-8-6-10-25(36)18-23)9-7-17-41-34(47)28-11-4-5-16-40-28/h4-6,8,10-16,18,21,24,27,31H,7,9,17,19-20H2,1-3H3,(H,41,47)(H,42,46)/t24-,27+,31+/m1/s1. The highest BCUT2D eigenvalue weighted by molar-refractivity contribution is 6.31. The minimum Gasteiger partial charge on any atom is -0.497 e. The van der Waals surface area contributed by atoms with Gasteiger partial charge in [0.05, 0.1) is 7.11 Å². The number of amides is 2. The molecule has 0 saturated carbocycles. The number of rotatable bonds is 17. The lowest BCUT2D eigenvalue weighted by Gasteiger charge is -2.26. The summed E-state index contributed by atoms with van der Waals surface area (Å²) in [5, 5.41) is 5.67. The van der Waals surface area contributed by atoms with Gasteiger partial charge in [0.15, 0.2) is 11.6 Å². The average molecular weight is 688 g/mol. The molecule has 0 aliphatic carbocycles. The second kappa shape index (κ2) is 17.5. The second-order valence-electron chi connectivity index (χ2n) is 11.5. The van der Waals surface area contributed by atoms with E-state index in [1.54, 1.807) is 30.3 Å². The van der Waals surface area contributed by atoms with Crippen LogP contribution in [0.15, 0.2) is 72.9 Å². The highest BCUT2D eigenvalue weighted by atomic mass is 35.5. The third-order valence-electron chi connectivity index (χ3n) is 7.76. The third kappa shape index (κ3) is 11.0. The lowest BCUT2D eigenvalue weighted by molar-refractivity contribution is -0.177. The Hall–Kier alpha value is -4.58. The number of Topliss-reactive ketones (excluding diaryl/α,β-unsaturated/α-hetero) is 3. The van der Waals surface area contributed by atoms with Crippen molar-refractivity contribution in [3.8, 4) is 5.75 Å². The van der Waals surface area contributed by atoms with E-state index >= 15 is 0 Å². The van der Waals surface area contributed by atoms with Gasteiger partial charge in [-0.15, -0.1) is 0 Å². The number of carbonyl (C=O) groups is 5. The monoisotopic (exact) mass is 687 g/mol. The number of nitrogens with zero attached hydrogens (tertiary/aromatic N) is 1. The van der Waals surface area contributed by atoms with E-state index in [0.29, 0.717) is 10.8 Å². The maximum atomic E-state index is 13.8. The number of alkyl halides is 3. The minimum atomic E-state index is -5.15. The first kappa shape index (κ1) is 37.9. The van der Waals surface area contributed by atoms with Crippen molar-refractivity contribution in [3.05, 3.63) is 94.8 Å². The summed E-state index contributed by atoms with van der Waals surface area (Å²) in [7, 11) is 1.43. The molecule has 1 aromatic heterocycles. The predicted molar refractivity (Wildman–Crippen MR) is 173 cm³/mol. The number of methoxy groups -OCH3 is 1. The van der Waals surface area contributed by atoms with Gasteiger partial charge in [0.2, 0.25) is 11.7 Å². The molecule has 2 aromatic carbocycles. The van der Waals surface area contributed by atoms with Crippen molar-refractivity contribution in [3.63, 3.8) is 0 Å². The number of benzene rings is 2. The Bertz CT molecular complexity index is 1580. The van der Waals surface area contributed by atoms with Crippen LogP contribution in [-0.2, 0) is 14.4 Å². The Balaban J connectivity index is 1.87. The van der Waals surface area contributed by atoms with Crippen LogP contribution < -0.4 is 15.4 Å². The van der Waals surface area contributed by atoms with E-state index in [9.17, 15) is 37.1 Å². The van der Waals surface area contributed by atoms with Crippen LogP contribution in [0.25, 0.3) is 0 Å². The molecule has 13 heteroatoms. The first-order chi connectivity index (χ1) is 22.7. The van der Waals surface area contributed by atoms with Crippen LogP contribution in [0.1, 0.15) is 72.0 Å². The van der Waals surface area contributed by atoms with Crippen LogP contribution >= 0.6 is 11.6 Å². The van der Waals surface area contributed by atoms with Gasteiger partial charge in [-0.05, 0) is 60.7 Å². The van der Waals surface area contributed by atoms with Crippen LogP contribution in [0.2, 0.25) is 5.02 Å². The Morgan fingerprint density at radius 3 is 2.23 bits per heavy atom. The van der Waals surface area contributed by atoms with Crippen molar-refractivity contribution in [1.82, 2.24) is 15.6 Å². The van der Waals surface area contributed by atoms with Crippen molar-refractivity contribution in [2.75, 3.05) is 13.7 Å². The van der Waals surface area contributed by atoms with E-state index in [-0.39, 0.29) is 42.6 Å². The van der Waals surface area contributed by atoms with Gasteiger partial charge in [-0.25, -0.2) is 0 Å². The molecule has 0 bridgehead atoms. The lowest BCUT2D eigenvalue weighted by Crippen LogP contribution is -2.41. The summed E-state index contributed by atoms with van der Waals surface area (Å²) in [6.45, 7) is 2.96. The molecule has 2 amide bonds. The van der Waals surface area contributed by atoms with Crippen molar-refractivity contribution < 1.29 is 41.9 Å². The van der Waals surface area contributed by atoms with E-state index in [4.69, 9.17) is 16.3 Å². The van der Waals surface area contributed by atoms with Crippen molar-refractivity contribution in [2.24, 2.45) is 17.8 Å². The van der Waals surface area contributed by atoms with Crippen LogP contribution in [0.5, 0.6) is 5.75 Å². The molecule has 0 spiro atoms. The van der Waals surface area contributed by atoms with Gasteiger partial charge in [-0.2, -0.15) is 13.2 Å². The number of nitrogens with one attached hydrogen (secondary N) is 2. The number of aromatic nitrogens is 1. The van der Waals surface area contributed by atoms with E-state index in [1.165, 1.54) is 63.6 Å². The number of ether oxygens (including phenoxy) is 1. The molecule has 0 radical (unpaired) electrons. The zero-order chi connectivity index (χ0) is 35.4. The van der Waals surface area contributed by atoms with E-state index in [0.717, 1.165) is 0 Å². The molecule has 2 N–H and O–H groups in total. The summed E-state index contributed by atoms with van der Waals surface area (Å²) < 4.78 is 45.4. The molecule has 3 rings (SSSR count). The topological polar surface area (TPSA) is 132 Å². The number of pyridine rings is 1. The average Bonchev–Trinajstić information content (AvgIpc) is 3.06. The second-order valence-corrected chi connectivity index (χ2v) is 12.0. The zero-order valence-corrected chi connectivity index (χ0v) is 27.4. The van der Waals surface area contributed by atoms with Gasteiger partial charge in [-0.1, -0.05) is 55.8 Å². The molecule has 3 atom stereocenters. The van der Waals surface area contributed by atoms with Crippen LogP contribution in [0, 0.1) is 17.8 Å². The lowest BCUT2D eigenvalue weighted by atomic mass is 9.84. The van der Waals surface area contributed by atoms with Gasteiger partial charge in [0, 0.05) is 48.0 Å². The molecule has 1 heterocycles.